The van der Waals surface area contributed by atoms with Gasteiger partial charge < -0.3 is 9.79 Å². The van der Waals surface area contributed by atoms with Gasteiger partial charge in [0.2, 0.25) is 0 Å². The molecule has 0 heterocycles. The molecule has 0 saturated heterocycles. The van der Waals surface area contributed by atoms with E-state index in [1.165, 1.54) is 0 Å². The Bertz CT molecular complexity index is 752. The van der Waals surface area contributed by atoms with Gasteiger partial charge in [0.05, 0.1) is 0 Å². The Labute approximate surface area is 156 Å². The summed E-state index contributed by atoms with van der Waals surface area (Å²) in [5, 5.41) is 0. The van der Waals surface area contributed by atoms with E-state index >= 15 is 0 Å². The fourth-order valence-electron chi connectivity index (χ4n) is 3.24. The van der Waals surface area contributed by atoms with Gasteiger partial charge in [-0.05, 0) is 33.1 Å². The standard InChI is InChI=1S/C21H29O4P/c1-20(2,3)17-13-9-7-11-15(17)19(25-26(22,23)24)16-12-8-10-14-18(16)21(4,5)6/h7-14,19H,1-6H3,(H2,22,23,24). The number of rotatable bonds is 4. The molecular weight excluding hydrogens is 347 g/mol. The first kappa shape index (κ1) is 20.9. The van der Waals surface area contributed by atoms with Gasteiger partial charge in [-0.1, -0.05) is 90.1 Å². The summed E-state index contributed by atoms with van der Waals surface area (Å²) >= 11 is 0. The third-order valence-electron chi connectivity index (χ3n) is 4.35. The molecular formula is C21H29O4P. The molecule has 0 aliphatic heterocycles. The maximum absolute atomic E-state index is 11.8. The highest BCUT2D eigenvalue weighted by molar-refractivity contribution is 7.46. The van der Waals surface area contributed by atoms with E-state index in [4.69, 9.17) is 4.52 Å². The van der Waals surface area contributed by atoms with Crippen LogP contribution in [-0.2, 0) is 19.9 Å². The molecule has 0 spiro atoms. The second kappa shape index (κ2) is 7.28. The summed E-state index contributed by atoms with van der Waals surface area (Å²) in [6.45, 7) is 12.5. The number of hydrogen-bond donors (Lipinski definition) is 2. The van der Waals surface area contributed by atoms with E-state index in [1.807, 2.05) is 48.5 Å². The first-order chi connectivity index (χ1) is 11.8. The van der Waals surface area contributed by atoms with Crippen LogP contribution in [0, 0.1) is 0 Å². The van der Waals surface area contributed by atoms with Crippen LogP contribution >= 0.6 is 7.82 Å². The molecule has 0 unspecified atom stereocenters. The topological polar surface area (TPSA) is 66.8 Å². The number of phosphoric acid groups is 1. The molecule has 0 aromatic heterocycles. The van der Waals surface area contributed by atoms with Gasteiger partial charge in [-0.25, -0.2) is 4.57 Å². The van der Waals surface area contributed by atoms with Crippen LogP contribution in [0.15, 0.2) is 48.5 Å². The van der Waals surface area contributed by atoms with Gasteiger partial charge in [0.1, 0.15) is 6.10 Å². The minimum Gasteiger partial charge on any atom is -0.303 e. The molecule has 142 valence electrons. The van der Waals surface area contributed by atoms with Crippen LogP contribution < -0.4 is 0 Å². The van der Waals surface area contributed by atoms with Crippen molar-refractivity contribution in [3.63, 3.8) is 0 Å². The maximum atomic E-state index is 11.8. The van der Waals surface area contributed by atoms with Crippen LogP contribution in [0.3, 0.4) is 0 Å². The molecule has 2 N–H and O–H groups in total. The largest absolute Gasteiger partial charge is 0.470 e. The summed E-state index contributed by atoms with van der Waals surface area (Å²) in [6, 6.07) is 15.4. The molecule has 0 saturated carbocycles. The van der Waals surface area contributed by atoms with Crippen LogP contribution in [0.5, 0.6) is 0 Å². The molecule has 0 fully saturated rings. The highest BCUT2D eigenvalue weighted by atomic mass is 31.2. The van der Waals surface area contributed by atoms with E-state index in [2.05, 4.69) is 41.5 Å². The average Bonchev–Trinajstić information content (AvgIpc) is 2.50. The molecule has 5 heteroatoms. The zero-order chi connectivity index (χ0) is 19.8. The molecule has 0 aliphatic rings. The van der Waals surface area contributed by atoms with Crippen LogP contribution in [-0.4, -0.2) is 9.79 Å². The van der Waals surface area contributed by atoms with E-state index in [0.29, 0.717) is 0 Å². The summed E-state index contributed by atoms with van der Waals surface area (Å²) in [7, 11) is -4.70. The fourth-order valence-corrected chi connectivity index (χ4v) is 3.74. The lowest BCUT2D eigenvalue weighted by molar-refractivity contribution is 0.155. The maximum Gasteiger partial charge on any atom is 0.470 e. The smallest absolute Gasteiger partial charge is 0.303 e. The molecule has 26 heavy (non-hydrogen) atoms. The van der Waals surface area contributed by atoms with Crippen molar-refractivity contribution >= 4 is 7.82 Å². The van der Waals surface area contributed by atoms with Crippen molar-refractivity contribution < 1.29 is 18.9 Å². The Morgan fingerprint density at radius 3 is 1.42 bits per heavy atom. The third kappa shape index (κ3) is 5.05. The minimum absolute atomic E-state index is 0.191. The lowest BCUT2D eigenvalue weighted by atomic mass is 9.78. The molecule has 0 aliphatic carbocycles. The van der Waals surface area contributed by atoms with E-state index < -0.39 is 13.9 Å². The van der Waals surface area contributed by atoms with Crippen molar-refractivity contribution in [2.24, 2.45) is 0 Å². The van der Waals surface area contributed by atoms with Crippen LogP contribution in [0.1, 0.15) is 69.9 Å². The highest BCUT2D eigenvalue weighted by Crippen LogP contribution is 2.48. The van der Waals surface area contributed by atoms with Crippen molar-refractivity contribution in [2.75, 3.05) is 0 Å². The van der Waals surface area contributed by atoms with Gasteiger partial charge in [0.25, 0.3) is 0 Å². The zero-order valence-electron chi connectivity index (χ0n) is 16.4. The van der Waals surface area contributed by atoms with E-state index in [1.54, 1.807) is 0 Å². The Balaban J connectivity index is 2.75. The molecule has 2 aromatic rings. The first-order valence-corrected chi connectivity index (χ1v) is 10.3. The molecule has 2 aromatic carbocycles. The quantitative estimate of drug-likeness (QED) is 0.694. The second-order valence-electron chi connectivity index (χ2n) is 8.65. The molecule has 0 radical (unpaired) electrons. The molecule has 0 amide bonds. The minimum atomic E-state index is -4.70. The monoisotopic (exact) mass is 376 g/mol. The van der Waals surface area contributed by atoms with Gasteiger partial charge in [-0.2, -0.15) is 0 Å². The molecule has 0 bridgehead atoms. The lowest BCUT2D eigenvalue weighted by Crippen LogP contribution is -2.21. The van der Waals surface area contributed by atoms with Crippen molar-refractivity contribution in [3.8, 4) is 0 Å². The van der Waals surface area contributed by atoms with Gasteiger partial charge in [0, 0.05) is 0 Å². The predicted molar refractivity (Wildman–Crippen MR) is 105 cm³/mol. The summed E-state index contributed by atoms with van der Waals surface area (Å²) in [4.78, 5) is 19.2. The van der Waals surface area contributed by atoms with Gasteiger partial charge in [-0.15, -0.1) is 0 Å². The molecule has 4 nitrogen and oxygen atoms in total. The normalized spacial score (nSPS) is 13.3. The Hall–Kier alpha value is -1.45. The van der Waals surface area contributed by atoms with E-state index in [9.17, 15) is 14.4 Å². The average molecular weight is 376 g/mol. The summed E-state index contributed by atoms with van der Waals surface area (Å²) in [5.74, 6) is 0. The zero-order valence-corrected chi connectivity index (χ0v) is 17.2. The fraction of sp³-hybridized carbons (Fsp3) is 0.429. The van der Waals surface area contributed by atoms with Gasteiger partial charge in [0.15, 0.2) is 0 Å². The Kier molecular flexibility index (Phi) is 5.84. The van der Waals surface area contributed by atoms with Crippen molar-refractivity contribution in [1.29, 1.82) is 0 Å². The van der Waals surface area contributed by atoms with E-state index in [0.717, 1.165) is 22.3 Å². The third-order valence-corrected chi connectivity index (χ3v) is 4.83. The first-order valence-electron chi connectivity index (χ1n) is 8.73. The van der Waals surface area contributed by atoms with Crippen LogP contribution in [0.25, 0.3) is 0 Å². The number of benzene rings is 2. The Morgan fingerprint density at radius 2 is 1.12 bits per heavy atom. The SMILES string of the molecule is CC(C)(C)c1ccccc1C(OP(=O)(O)O)c1ccccc1C(C)(C)C. The predicted octanol–water partition coefficient (Wildman–Crippen LogP) is 5.48. The summed E-state index contributed by atoms with van der Waals surface area (Å²) < 4.78 is 17.1. The van der Waals surface area contributed by atoms with E-state index in [-0.39, 0.29) is 10.8 Å². The van der Waals surface area contributed by atoms with Crippen molar-refractivity contribution in [3.05, 3.63) is 70.8 Å². The lowest BCUT2D eigenvalue weighted by Gasteiger charge is -2.31. The summed E-state index contributed by atoms with van der Waals surface area (Å²) in [5.41, 5.74) is 3.18. The van der Waals surface area contributed by atoms with Crippen molar-refractivity contribution in [2.45, 2.75) is 58.5 Å². The summed E-state index contributed by atoms with van der Waals surface area (Å²) in [6.07, 6.45) is -0.846. The number of hydrogen-bond acceptors (Lipinski definition) is 2. The van der Waals surface area contributed by atoms with Gasteiger partial charge >= 0.3 is 7.82 Å². The van der Waals surface area contributed by atoms with Crippen LogP contribution in [0.4, 0.5) is 0 Å². The van der Waals surface area contributed by atoms with Gasteiger partial charge in [-0.3, -0.25) is 4.52 Å². The molecule has 2 rings (SSSR count). The Morgan fingerprint density at radius 1 is 0.769 bits per heavy atom. The van der Waals surface area contributed by atoms with Crippen LogP contribution in [0.2, 0.25) is 0 Å². The number of phosphoric ester groups is 1. The molecule has 0 atom stereocenters. The second-order valence-corrected chi connectivity index (χ2v) is 9.84. The van der Waals surface area contributed by atoms with Crippen molar-refractivity contribution in [1.82, 2.24) is 0 Å². The highest BCUT2D eigenvalue weighted by Gasteiger charge is 2.32.